The zero-order chi connectivity index (χ0) is 12.6. The van der Waals surface area contributed by atoms with Crippen LogP contribution in [0.2, 0.25) is 5.15 Å². The van der Waals surface area contributed by atoms with Crippen molar-refractivity contribution >= 4 is 28.5 Å². The third-order valence-corrected chi connectivity index (χ3v) is 2.78. The van der Waals surface area contributed by atoms with Gasteiger partial charge in [0.15, 0.2) is 0 Å². The van der Waals surface area contributed by atoms with Gasteiger partial charge in [0.1, 0.15) is 11.0 Å². The van der Waals surface area contributed by atoms with Crippen LogP contribution < -0.4 is 0 Å². The zero-order valence-electron chi connectivity index (χ0n) is 9.25. The Bertz CT molecular complexity index is 613. The summed E-state index contributed by atoms with van der Waals surface area (Å²) >= 11 is 5.87. The first kappa shape index (κ1) is 11.8. The number of nitrogens with zero attached hydrogens (tertiary/aromatic N) is 1. The van der Waals surface area contributed by atoms with E-state index in [-0.39, 0.29) is 16.1 Å². The number of benzene rings is 1. The maximum absolute atomic E-state index is 13.6. The highest BCUT2D eigenvalue weighted by Gasteiger charge is 2.15. The topological polar surface area (TPSA) is 39.2 Å². The van der Waals surface area contributed by atoms with E-state index in [1.54, 1.807) is 13.0 Å². The molecule has 88 valence electrons. The lowest BCUT2D eigenvalue weighted by Gasteiger charge is -2.06. The Labute approximate surface area is 102 Å². The van der Waals surface area contributed by atoms with E-state index >= 15 is 0 Å². The van der Waals surface area contributed by atoms with Crippen LogP contribution in [0.4, 0.5) is 4.39 Å². The van der Waals surface area contributed by atoms with Gasteiger partial charge in [0.2, 0.25) is 0 Å². The molecule has 0 atom stereocenters. The summed E-state index contributed by atoms with van der Waals surface area (Å²) in [5, 5.41) is 0.271. The fraction of sp³-hybridized carbons (Fsp3) is 0.167. The van der Waals surface area contributed by atoms with Crippen LogP contribution in [0.5, 0.6) is 0 Å². The first-order valence-electron chi connectivity index (χ1n) is 4.88. The molecule has 0 unspecified atom stereocenters. The number of carbonyl (C=O) groups excluding carboxylic acids is 1. The maximum Gasteiger partial charge on any atom is 0.341 e. The standard InChI is InChI=1S/C12H9ClFNO2/c1-6-3-4-9(14)7-5-8(12(16)17-2)11(13)15-10(6)7/h3-5H,1-2H3. The normalized spacial score (nSPS) is 10.6. The lowest BCUT2D eigenvalue weighted by atomic mass is 10.1. The second-order valence-corrected chi connectivity index (χ2v) is 3.94. The Balaban J connectivity index is 2.80. The van der Waals surface area contributed by atoms with Crippen LogP contribution in [0.3, 0.4) is 0 Å². The SMILES string of the molecule is COC(=O)c1cc2c(F)ccc(C)c2nc1Cl. The molecule has 0 aliphatic carbocycles. The van der Waals surface area contributed by atoms with Gasteiger partial charge in [-0.2, -0.15) is 0 Å². The van der Waals surface area contributed by atoms with Crippen LogP contribution in [0.15, 0.2) is 18.2 Å². The van der Waals surface area contributed by atoms with Crippen LogP contribution in [0.1, 0.15) is 15.9 Å². The van der Waals surface area contributed by atoms with Crippen molar-refractivity contribution in [3.05, 3.63) is 40.3 Å². The summed E-state index contributed by atoms with van der Waals surface area (Å²) < 4.78 is 18.2. The number of esters is 1. The summed E-state index contributed by atoms with van der Waals surface area (Å²) in [6.45, 7) is 1.79. The largest absolute Gasteiger partial charge is 0.465 e. The maximum atomic E-state index is 13.6. The fourth-order valence-electron chi connectivity index (χ4n) is 1.59. The molecule has 1 aromatic carbocycles. The van der Waals surface area contributed by atoms with Crippen LogP contribution in [-0.2, 0) is 4.74 Å². The van der Waals surface area contributed by atoms with Gasteiger partial charge in [-0.3, -0.25) is 0 Å². The predicted octanol–water partition coefficient (Wildman–Crippen LogP) is 3.12. The van der Waals surface area contributed by atoms with E-state index in [1.807, 2.05) is 0 Å². The number of rotatable bonds is 1. The van der Waals surface area contributed by atoms with Crippen molar-refractivity contribution in [1.29, 1.82) is 0 Å². The first-order chi connectivity index (χ1) is 8.04. The van der Waals surface area contributed by atoms with Crippen molar-refractivity contribution in [3.8, 4) is 0 Å². The summed E-state index contributed by atoms with van der Waals surface area (Å²) in [5.41, 5.74) is 1.30. The molecule has 5 heteroatoms. The van der Waals surface area contributed by atoms with Gasteiger partial charge in [-0.1, -0.05) is 17.7 Å². The van der Waals surface area contributed by atoms with Crippen molar-refractivity contribution in [2.24, 2.45) is 0 Å². The number of fused-ring (bicyclic) bond motifs is 1. The minimum Gasteiger partial charge on any atom is -0.465 e. The van der Waals surface area contributed by atoms with Gasteiger partial charge >= 0.3 is 5.97 Å². The Hall–Kier alpha value is -1.68. The molecule has 0 aliphatic heterocycles. The molecular weight excluding hydrogens is 245 g/mol. The van der Waals surface area contributed by atoms with E-state index in [2.05, 4.69) is 9.72 Å². The molecular formula is C12H9ClFNO2. The smallest absolute Gasteiger partial charge is 0.341 e. The molecule has 0 fully saturated rings. The molecule has 0 N–H and O–H groups in total. The molecule has 0 aliphatic rings. The number of carbonyl (C=O) groups is 1. The molecule has 0 bridgehead atoms. The van der Waals surface area contributed by atoms with Crippen molar-refractivity contribution in [1.82, 2.24) is 4.98 Å². The molecule has 0 amide bonds. The molecule has 1 heterocycles. The van der Waals surface area contributed by atoms with Gasteiger partial charge in [-0.05, 0) is 24.6 Å². The van der Waals surface area contributed by atoms with Gasteiger partial charge in [0.05, 0.1) is 18.2 Å². The molecule has 1 aromatic heterocycles. The quantitative estimate of drug-likeness (QED) is 0.579. The molecule has 17 heavy (non-hydrogen) atoms. The monoisotopic (exact) mass is 253 g/mol. The predicted molar refractivity (Wildman–Crippen MR) is 62.8 cm³/mol. The fourth-order valence-corrected chi connectivity index (χ4v) is 1.81. The van der Waals surface area contributed by atoms with Gasteiger partial charge in [0, 0.05) is 5.39 Å². The molecule has 2 aromatic rings. The Morgan fingerprint density at radius 2 is 2.18 bits per heavy atom. The van der Waals surface area contributed by atoms with E-state index in [1.165, 1.54) is 19.2 Å². The van der Waals surface area contributed by atoms with Crippen LogP contribution >= 0.6 is 11.6 Å². The summed E-state index contributed by atoms with van der Waals surface area (Å²) in [7, 11) is 1.23. The Morgan fingerprint density at radius 1 is 1.47 bits per heavy atom. The second kappa shape index (κ2) is 4.30. The minimum atomic E-state index is -0.634. The number of hydrogen-bond donors (Lipinski definition) is 0. The highest BCUT2D eigenvalue weighted by atomic mass is 35.5. The molecule has 0 saturated heterocycles. The van der Waals surface area contributed by atoms with Crippen molar-refractivity contribution < 1.29 is 13.9 Å². The van der Waals surface area contributed by atoms with Gasteiger partial charge in [-0.25, -0.2) is 14.2 Å². The van der Waals surface area contributed by atoms with E-state index in [0.29, 0.717) is 5.52 Å². The van der Waals surface area contributed by atoms with Crippen LogP contribution in [-0.4, -0.2) is 18.1 Å². The average Bonchev–Trinajstić information content (AvgIpc) is 2.32. The zero-order valence-corrected chi connectivity index (χ0v) is 10.0. The number of aromatic nitrogens is 1. The van der Waals surface area contributed by atoms with Crippen molar-refractivity contribution in [2.75, 3.05) is 7.11 Å². The number of halogens is 2. The summed E-state index contributed by atoms with van der Waals surface area (Å²) in [6, 6.07) is 4.30. The highest BCUT2D eigenvalue weighted by Crippen LogP contribution is 2.25. The van der Waals surface area contributed by atoms with Crippen LogP contribution in [0.25, 0.3) is 10.9 Å². The summed E-state index contributed by atoms with van der Waals surface area (Å²) in [6.07, 6.45) is 0. The molecule has 0 spiro atoms. The third kappa shape index (κ3) is 1.96. The van der Waals surface area contributed by atoms with Crippen molar-refractivity contribution in [2.45, 2.75) is 6.92 Å². The molecule has 0 radical (unpaired) electrons. The lowest BCUT2D eigenvalue weighted by molar-refractivity contribution is 0.0600. The van der Waals surface area contributed by atoms with E-state index in [4.69, 9.17) is 11.6 Å². The summed E-state index contributed by atoms with van der Waals surface area (Å²) in [5.74, 6) is -1.08. The highest BCUT2D eigenvalue weighted by molar-refractivity contribution is 6.33. The molecule has 2 rings (SSSR count). The van der Waals surface area contributed by atoms with Gasteiger partial charge in [-0.15, -0.1) is 0 Å². The van der Waals surface area contributed by atoms with Gasteiger partial charge < -0.3 is 4.74 Å². The number of methoxy groups -OCH3 is 1. The number of aryl methyl sites for hydroxylation is 1. The first-order valence-corrected chi connectivity index (χ1v) is 5.26. The Kier molecular flexibility index (Phi) is 2.98. The molecule has 0 saturated carbocycles. The van der Waals surface area contributed by atoms with E-state index in [9.17, 15) is 9.18 Å². The Morgan fingerprint density at radius 3 is 2.82 bits per heavy atom. The molecule has 3 nitrogen and oxygen atoms in total. The number of pyridine rings is 1. The minimum absolute atomic E-state index is 0.0121. The lowest BCUT2D eigenvalue weighted by Crippen LogP contribution is -2.04. The van der Waals surface area contributed by atoms with Crippen molar-refractivity contribution in [3.63, 3.8) is 0 Å². The second-order valence-electron chi connectivity index (χ2n) is 3.58. The van der Waals surface area contributed by atoms with Crippen LogP contribution in [0, 0.1) is 12.7 Å². The third-order valence-electron chi connectivity index (χ3n) is 2.49. The van der Waals surface area contributed by atoms with E-state index in [0.717, 1.165) is 5.56 Å². The average molecular weight is 254 g/mol. The number of ether oxygens (including phenoxy) is 1. The summed E-state index contributed by atoms with van der Waals surface area (Å²) in [4.78, 5) is 15.4. The van der Waals surface area contributed by atoms with E-state index < -0.39 is 11.8 Å². The van der Waals surface area contributed by atoms with Gasteiger partial charge in [0.25, 0.3) is 0 Å². The number of hydrogen-bond acceptors (Lipinski definition) is 3.